The first-order chi connectivity index (χ1) is 10.4. The van der Waals surface area contributed by atoms with Crippen LogP contribution < -0.4 is 5.73 Å². The average Bonchev–Trinajstić information content (AvgIpc) is 2.73. The molecule has 23 heavy (non-hydrogen) atoms. The maximum absolute atomic E-state index is 12.5. The molecule has 1 amide bonds. The molecule has 2 N–H and O–H groups in total. The minimum absolute atomic E-state index is 0. The lowest BCUT2D eigenvalue weighted by molar-refractivity contribution is -0.131. The molecule has 0 radical (unpaired) electrons. The van der Waals surface area contributed by atoms with E-state index >= 15 is 0 Å². The van der Waals surface area contributed by atoms with Crippen LogP contribution in [0, 0.1) is 11.3 Å². The van der Waals surface area contributed by atoms with Gasteiger partial charge in [-0.3, -0.25) is 4.79 Å². The lowest BCUT2D eigenvalue weighted by Gasteiger charge is -2.30. The van der Waals surface area contributed by atoms with Crippen molar-refractivity contribution in [3.05, 3.63) is 35.9 Å². The van der Waals surface area contributed by atoms with Crippen molar-refractivity contribution in [3.63, 3.8) is 0 Å². The Labute approximate surface area is 147 Å². The van der Waals surface area contributed by atoms with Crippen molar-refractivity contribution in [1.82, 2.24) is 4.90 Å². The van der Waals surface area contributed by atoms with Gasteiger partial charge in [-0.05, 0) is 36.2 Å². The van der Waals surface area contributed by atoms with E-state index < -0.39 is 0 Å². The highest BCUT2D eigenvalue weighted by Gasteiger charge is 2.28. The van der Waals surface area contributed by atoms with Crippen molar-refractivity contribution in [3.8, 4) is 0 Å². The lowest BCUT2D eigenvalue weighted by Crippen LogP contribution is -2.34. The molecule has 0 spiro atoms. The third kappa shape index (κ3) is 5.82. The normalized spacial score (nSPS) is 20.3. The number of halogens is 1. The van der Waals surface area contributed by atoms with Gasteiger partial charge in [-0.1, -0.05) is 51.1 Å². The Balaban J connectivity index is 0.00000264. The zero-order valence-electron chi connectivity index (χ0n) is 14.6. The average molecular weight is 339 g/mol. The summed E-state index contributed by atoms with van der Waals surface area (Å²) < 4.78 is 0. The van der Waals surface area contributed by atoms with Crippen molar-refractivity contribution in [1.29, 1.82) is 0 Å². The smallest absolute Gasteiger partial charge is 0.224 e. The Morgan fingerprint density at radius 2 is 1.87 bits per heavy atom. The third-order valence-electron chi connectivity index (χ3n) is 4.93. The molecule has 130 valence electrons. The topological polar surface area (TPSA) is 46.3 Å². The Morgan fingerprint density at radius 3 is 2.48 bits per heavy atom. The van der Waals surface area contributed by atoms with Crippen LogP contribution in [0.15, 0.2) is 30.3 Å². The summed E-state index contributed by atoms with van der Waals surface area (Å²) in [6, 6.07) is 9.71. The summed E-state index contributed by atoms with van der Waals surface area (Å²) in [7, 11) is 0. The van der Waals surface area contributed by atoms with Crippen LogP contribution >= 0.6 is 12.4 Å². The minimum Gasteiger partial charge on any atom is -0.343 e. The van der Waals surface area contributed by atoms with Crippen LogP contribution in [0.2, 0.25) is 0 Å². The van der Waals surface area contributed by atoms with Gasteiger partial charge in [-0.2, -0.15) is 0 Å². The number of rotatable bonds is 3. The Hall–Kier alpha value is -1.06. The van der Waals surface area contributed by atoms with Gasteiger partial charge in [0.15, 0.2) is 0 Å². The Bertz CT molecular complexity index is 484. The number of carbonyl (C=O) groups excluding carboxylic acids is 1. The number of nitrogens with zero attached hydrogens (tertiary/aromatic N) is 1. The fraction of sp³-hybridized carbons (Fsp3) is 0.632. The predicted octanol–water partition coefficient (Wildman–Crippen LogP) is 4.17. The molecule has 2 rings (SSSR count). The Morgan fingerprint density at radius 1 is 1.22 bits per heavy atom. The third-order valence-corrected chi connectivity index (χ3v) is 4.93. The van der Waals surface area contributed by atoms with E-state index in [0.29, 0.717) is 17.8 Å². The number of amides is 1. The van der Waals surface area contributed by atoms with Gasteiger partial charge in [0.25, 0.3) is 0 Å². The first-order valence-electron chi connectivity index (χ1n) is 8.46. The summed E-state index contributed by atoms with van der Waals surface area (Å²) in [5, 5.41) is 0. The van der Waals surface area contributed by atoms with Gasteiger partial charge >= 0.3 is 0 Å². The molecule has 1 fully saturated rings. The maximum Gasteiger partial charge on any atom is 0.224 e. The van der Waals surface area contributed by atoms with E-state index in [2.05, 4.69) is 20.8 Å². The standard InChI is InChI=1S/C19H30N2O.ClH/c1-19(2,3)16-10-7-12-21(13-11-16)18(22)14-17(20)15-8-5-4-6-9-15;/h4-6,8-9,16-17H,7,10-14,20H2,1-3H3;1H. The summed E-state index contributed by atoms with van der Waals surface area (Å²) in [5.41, 5.74) is 7.56. The van der Waals surface area contributed by atoms with Crippen LogP contribution in [0.4, 0.5) is 0 Å². The molecule has 1 aromatic carbocycles. The highest BCUT2D eigenvalue weighted by atomic mass is 35.5. The van der Waals surface area contributed by atoms with E-state index in [-0.39, 0.29) is 24.4 Å². The van der Waals surface area contributed by atoms with Gasteiger partial charge in [0.1, 0.15) is 0 Å². The minimum atomic E-state index is -0.199. The van der Waals surface area contributed by atoms with E-state index in [0.717, 1.165) is 31.5 Å². The predicted molar refractivity (Wildman–Crippen MR) is 98.6 cm³/mol. The highest BCUT2D eigenvalue weighted by molar-refractivity contribution is 5.85. The first-order valence-corrected chi connectivity index (χ1v) is 8.46. The van der Waals surface area contributed by atoms with Gasteiger partial charge in [0.05, 0.1) is 0 Å². The molecule has 2 atom stereocenters. The summed E-state index contributed by atoms with van der Waals surface area (Å²) in [5.74, 6) is 0.902. The number of likely N-dealkylation sites (tertiary alicyclic amines) is 1. The number of nitrogens with two attached hydrogens (primary N) is 1. The van der Waals surface area contributed by atoms with Gasteiger partial charge in [0, 0.05) is 25.6 Å². The van der Waals surface area contributed by atoms with Crippen molar-refractivity contribution in [2.24, 2.45) is 17.1 Å². The summed E-state index contributed by atoms with van der Waals surface area (Å²) in [6.07, 6.45) is 3.84. The SMILES string of the molecule is CC(C)(C)C1CCCN(C(=O)CC(N)c2ccccc2)CC1.Cl. The second-order valence-electron chi connectivity index (χ2n) is 7.60. The van der Waals surface area contributed by atoms with E-state index in [1.807, 2.05) is 35.2 Å². The van der Waals surface area contributed by atoms with Gasteiger partial charge < -0.3 is 10.6 Å². The fourth-order valence-corrected chi connectivity index (χ4v) is 3.35. The van der Waals surface area contributed by atoms with Gasteiger partial charge in [-0.15, -0.1) is 12.4 Å². The molecule has 1 aliphatic heterocycles. The van der Waals surface area contributed by atoms with E-state index in [4.69, 9.17) is 5.73 Å². The largest absolute Gasteiger partial charge is 0.343 e. The monoisotopic (exact) mass is 338 g/mol. The van der Waals surface area contributed by atoms with Crippen LogP contribution in [0.3, 0.4) is 0 Å². The number of carbonyl (C=O) groups is 1. The van der Waals surface area contributed by atoms with Crippen LogP contribution in [0.5, 0.6) is 0 Å². The molecule has 0 bridgehead atoms. The van der Waals surface area contributed by atoms with Crippen LogP contribution in [0.1, 0.15) is 58.1 Å². The van der Waals surface area contributed by atoms with Crippen molar-refractivity contribution in [2.45, 2.75) is 52.5 Å². The molecular weight excluding hydrogens is 308 g/mol. The molecule has 0 aliphatic carbocycles. The van der Waals surface area contributed by atoms with Crippen molar-refractivity contribution < 1.29 is 4.79 Å². The quantitative estimate of drug-likeness (QED) is 0.898. The van der Waals surface area contributed by atoms with Gasteiger partial charge in [-0.25, -0.2) is 0 Å². The van der Waals surface area contributed by atoms with Gasteiger partial charge in [0.2, 0.25) is 5.91 Å². The maximum atomic E-state index is 12.5. The Kier molecular flexibility index (Phi) is 7.56. The second-order valence-corrected chi connectivity index (χ2v) is 7.60. The number of hydrogen-bond acceptors (Lipinski definition) is 2. The number of benzene rings is 1. The lowest BCUT2D eigenvalue weighted by atomic mass is 9.77. The highest BCUT2D eigenvalue weighted by Crippen LogP contribution is 2.34. The van der Waals surface area contributed by atoms with Crippen molar-refractivity contribution in [2.75, 3.05) is 13.1 Å². The molecule has 3 nitrogen and oxygen atoms in total. The molecule has 4 heteroatoms. The molecule has 0 saturated carbocycles. The zero-order valence-corrected chi connectivity index (χ0v) is 15.4. The van der Waals surface area contributed by atoms with E-state index in [9.17, 15) is 4.79 Å². The van der Waals surface area contributed by atoms with Crippen LogP contribution in [0.25, 0.3) is 0 Å². The zero-order chi connectivity index (χ0) is 16.2. The fourth-order valence-electron chi connectivity index (χ4n) is 3.35. The molecule has 0 aromatic heterocycles. The van der Waals surface area contributed by atoms with Crippen molar-refractivity contribution >= 4 is 18.3 Å². The molecule has 1 aliphatic rings. The van der Waals surface area contributed by atoms with E-state index in [1.54, 1.807) is 0 Å². The van der Waals surface area contributed by atoms with Crippen LogP contribution in [-0.2, 0) is 4.79 Å². The molecular formula is C19H31ClN2O. The molecule has 1 heterocycles. The summed E-state index contributed by atoms with van der Waals surface area (Å²) in [4.78, 5) is 14.6. The first kappa shape index (κ1) is 20.0. The molecule has 1 aromatic rings. The second kappa shape index (κ2) is 8.70. The van der Waals surface area contributed by atoms with Crippen LogP contribution in [-0.4, -0.2) is 23.9 Å². The van der Waals surface area contributed by atoms with E-state index in [1.165, 1.54) is 6.42 Å². The number of hydrogen-bond donors (Lipinski definition) is 1. The summed E-state index contributed by atoms with van der Waals surface area (Å²) in [6.45, 7) is 8.68. The molecule has 2 unspecified atom stereocenters. The summed E-state index contributed by atoms with van der Waals surface area (Å²) >= 11 is 0. The molecule has 1 saturated heterocycles.